The highest BCUT2D eigenvalue weighted by molar-refractivity contribution is 5.72. The Balaban J connectivity index is 2.03. The van der Waals surface area contributed by atoms with Crippen molar-refractivity contribution in [2.75, 3.05) is 6.61 Å². The Morgan fingerprint density at radius 1 is 1.33 bits per heavy atom. The first-order chi connectivity index (χ1) is 7.29. The van der Waals surface area contributed by atoms with E-state index in [-0.39, 0.29) is 24.6 Å². The molecular formula is C12H14O3. The van der Waals surface area contributed by atoms with Gasteiger partial charge in [0, 0.05) is 5.92 Å². The van der Waals surface area contributed by atoms with Crippen LogP contribution in [0, 0.1) is 5.92 Å². The Bertz CT molecular complexity index is 334. The molecule has 1 aliphatic rings. The van der Waals surface area contributed by atoms with Gasteiger partial charge in [-0.3, -0.25) is 4.79 Å². The predicted octanol–water partition coefficient (Wildman–Crippen LogP) is 1.15. The van der Waals surface area contributed by atoms with Crippen LogP contribution < -0.4 is 0 Å². The number of rotatable bonds is 3. The van der Waals surface area contributed by atoms with Gasteiger partial charge < -0.3 is 9.84 Å². The molecule has 0 radical (unpaired) electrons. The van der Waals surface area contributed by atoms with Crippen molar-refractivity contribution in [3.63, 3.8) is 0 Å². The summed E-state index contributed by atoms with van der Waals surface area (Å²) in [4.78, 5) is 11.1. The molecule has 0 unspecified atom stereocenters. The van der Waals surface area contributed by atoms with E-state index in [1.54, 1.807) is 0 Å². The van der Waals surface area contributed by atoms with Gasteiger partial charge in [-0.1, -0.05) is 30.3 Å². The van der Waals surface area contributed by atoms with Crippen molar-refractivity contribution in [2.24, 2.45) is 5.92 Å². The molecule has 1 aromatic rings. The largest absolute Gasteiger partial charge is 0.460 e. The maximum Gasteiger partial charge on any atom is 0.306 e. The second-order valence-electron chi connectivity index (χ2n) is 3.86. The number of carbonyl (C=O) groups excluding carboxylic acids is 1. The van der Waals surface area contributed by atoms with E-state index >= 15 is 0 Å². The van der Waals surface area contributed by atoms with Gasteiger partial charge in [0.05, 0.1) is 13.0 Å². The van der Waals surface area contributed by atoms with E-state index in [2.05, 4.69) is 0 Å². The van der Waals surface area contributed by atoms with Crippen LogP contribution in [0.1, 0.15) is 12.0 Å². The van der Waals surface area contributed by atoms with E-state index in [4.69, 9.17) is 9.84 Å². The zero-order valence-corrected chi connectivity index (χ0v) is 8.43. The molecule has 2 rings (SSSR count). The summed E-state index contributed by atoms with van der Waals surface area (Å²) in [6.07, 6.45) is 0.885. The lowest BCUT2D eigenvalue weighted by Crippen LogP contribution is -2.22. The van der Waals surface area contributed by atoms with E-state index in [9.17, 15) is 4.79 Å². The average Bonchev–Trinajstić information content (AvgIpc) is 2.60. The summed E-state index contributed by atoms with van der Waals surface area (Å²) in [6.45, 7) is -0.0801. The number of aliphatic hydroxyl groups excluding tert-OH is 1. The van der Waals surface area contributed by atoms with Gasteiger partial charge >= 0.3 is 5.97 Å². The van der Waals surface area contributed by atoms with E-state index in [1.807, 2.05) is 30.3 Å². The zero-order chi connectivity index (χ0) is 10.7. The normalized spacial score (nSPS) is 25.3. The summed E-state index contributed by atoms with van der Waals surface area (Å²) in [5.74, 6) is -0.0834. The van der Waals surface area contributed by atoms with Gasteiger partial charge in [-0.15, -0.1) is 0 Å². The molecule has 0 bridgehead atoms. The van der Waals surface area contributed by atoms with Crippen LogP contribution in [0.2, 0.25) is 0 Å². The van der Waals surface area contributed by atoms with Gasteiger partial charge in [0.15, 0.2) is 0 Å². The Labute approximate surface area is 88.7 Å². The third-order valence-corrected chi connectivity index (χ3v) is 2.76. The predicted molar refractivity (Wildman–Crippen MR) is 55.2 cm³/mol. The molecule has 0 amide bonds. The van der Waals surface area contributed by atoms with Crippen LogP contribution in [0.4, 0.5) is 0 Å². The fraction of sp³-hybridized carbons (Fsp3) is 0.417. The first-order valence-corrected chi connectivity index (χ1v) is 5.14. The molecule has 1 aliphatic heterocycles. The van der Waals surface area contributed by atoms with Crippen molar-refractivity contribution in [1.82, 2.24) is 0 Å². The van der Waals surface area contributed by atoms with Gasteiger partial charge in [0.25, 0.3) is 0 Å². The molecule has 0 spiro atoms. The first kappa shape index (κ1) is 10.2. The maximum absolute atomic E-state index is 11.1. The van der Waals surface area contributed by atoms with Crippen LogP contribution in [0.5, 0.6) is 0 Å². The number of hydrogen-bond donors (Lipinski definition) is 1. The van der Waals surface area contributed by atoms with Crippen molar-refractivity contribution in [2.45, 2.75) is 18.9 Å². The fourth-order valence-corrected chi connectivity index (χ4v) is 1.97. The summed E-state index contributed by atoms with van der Waals surface area (Å²) < 4.78 is 5.01. The molecule has 80 valence electrons. The molecule has 3 heteroatoms. The molecule has 0 aromatic heterocycles. The number of hydrogen-bond acceptors (Lipinski definition) is 3. The molecule has 1 fully saturated rings. The van der Waals surface area contributed by atoms with Crippen LogP contribution in [0.3, 0.4) is 0 Å². The Hall–Kier alpha value is -1.35. The Morgan fingerprint density at radius 3 is 2.73 bits per heavy atom. The summed E-state index contributed by atoms with van der Waals surface area (Å²) in [5.41, 5.74) is 1.18. The SMILES string of the molecule is O=C1C[C@@H](Cc2ccccc2)[C@H](CO)O1. The van der Waals surface area contributed by atoms with Crippen molar-refractivity contribution in [3.8, 4) is 0 Å². The fourth-order valence-electron chi connectivity index (χ4n) is 1.97. The van der Waals surface area contributed by atoms with Gasteiger partial charge in [-0.05, 0) is 12.0 Å². The third-order valence-electron chi connectivity index (χ3n) is 2.76. The highest BCUT2D eigenvalue weighted by Crippen LogP contribution is 2.25. The number of cyclic esters (lactones) is 1. The molecule has 3 nitrogen and oxygen atoms in total. The van der Waals surface area contributed by atoms with Crippen LogP contribution in [-0.4, -0.2) is 23.8 Å². The van der Waals surface area contributed by atoms with E-state index in [0.29, 0.717) is 6.42 Å². The molecule has 1 aromatic carbocycles. The summed E-state index contributed by atoms with van der Waals surface area (Å²) in [5, 5.41) is 9.06. The summed E-state index contributed by atoms with van der Waals surface area (Å²) >= 11 is 0. The van der Waals surface area contributed by atoms with E-state index in [0.717, 1.165) is 6.42 Å². The summed E-state index contributed by atoms with van der Waals surface area (Å²) in [6, 6.07) is 9.96. The smallest absolute Gasteiger partial charge is 0.306 e. The molecular weight excluding hydrogens is 192 g/mol. The van der Waals surface area contributed by atoms with Crippen molar-refractivity contribution >= 4 is 5.97 Å². The number of esters is 1. The van der Waals surface area contributed by atoms with Crippen molar-refractivity contribution < 1.29 is 14.6 Å². The number of ether oxygens (including phenoxy) is 1. The Morgan fingerprint density at radius 2 is 2.07 bits per heavy atom. The van der Waals surface area contributed by atoms with Crippen LogP contribution in [0.15, 0.2) is 30.3 Å². The zero-order valence-electron chi connectivity index (χ0n) is 8.43. The monoisotopic (exact) mass is 206 g/mol. The lowest BCUT2D eigenvalue weighted by Gasteiger charge is -2.14. The molecule has 0 saturated carbocycles. The second kappa shape index (κ2) is 4.45. The molecule has 1 heterocycles. The molecule has 1 N–H and O–H groups in total. The molecule has 2 atom stereocenters. The van der Waals surface area contributed by atoms with E-state index < -0.39 is 0 Å². The van der Waals surface area contributed by atoms with Crippen LogP contribution in [0.25, 0.3) is 0 Å². The van der Waals surface area contributed by atoms with Crippen molar-refractivity contribution in [1.29, 1.82) is 0 Å². The lowest BCUT2D eigenvalue weighted by atomic mass is 9.93. The van der Waals surface area contributed by atoms with E-state index in [1.165, 1.54) is 5.56 Å². The molecule has 0 aliphatic carbocycles. The topological polar surface area (TPSA) is 46.5 Å². The van der Waals surface area contributed by atoms with Crippen LogP contribution >= 0.6 is 0 Å². The minimum atomic E-state index is -0.322. The second-order valence-corrected chi connectivity index (χ2v) is 3.86. The third kappa shape index (κ3) is 2.36. The molecule has 15 heavy (non-hydrogen) atoms. The quantitative estimate of drug-likeness (QED) is 0.755. The number of benzene rings is 1. The van der Waals surface area contributed by atoms with Gasteiger partial charge in [-0.2, -0.15) is 0 Å². The lowest BCUT2D eigenvalue weighted by molar-refractivity contribution is -0.142. The van der Waals surface area contributed by atoms with Crippen LogP contribution in [-0.2, 0) is 16.0 Å². The maximum atomic E-state index is 11.1. The minimum Gasteiger partial charge on any atom is -0.460 e. The average molecular weight is 206 g/mol. The minimum absolute atomic E-state index is 0.0801. The van der Waals surface area contributed by atoms with Crippen molar-refractivity contribution in [3.05, 3.63) is 35.9 Å². The highest BCUT2D eigenvalue weighted by atomic mass is 16.6. The Kier molecular flexibility index (Phi) is 3.02. The number of aliphatic hydroxyl groups is 1. The first-order valence-electron chi connectivity index (χ1n) is 5.14. The molecule has 1 saturated heterocycles. The number of carbonyl (C=O) groups is 1. The van der Waals surface area contributed by atoms with Gasteiger partial charge in [0.1, 0.15) is 6.10 Å². The van der Waals surface area contributed by atoms with Gasteiger partial charge in [0.2, 0.25) is 0 Å². The van der Waals surface area contributed by atoms with Gasteiger partial charge in [-0.25, -0.2) is 0 Å². The summed E-state index contributed by atoms with van der Waals surface area (Å²) in [7, 11) is 0. The standard InChI is InChI=1S/C12H14O3/c13-8-11-10(7-12(14)15-11)6-9-4-2-1-3-5-9/h1-5,10-11,13H,6-8H2/t10-,11+/m1/s1. The highest BCUT2D eigenvalue weighted by Gasteiger charge is 2.33.